The van der Waals surface area contributed by atoms with E-state index >= 15 is 0 Å². The molecule has 0 fully saturated rings. The standard InChI is InChI=1S/C9H6F4N4O/c1-2(14)9(18)3-4(10)6(12)8(16-17-15)7(13)5(3)11/h2H,14H2,1H3. The van der Waals surface area contributed by atoms with Crippen molar-refractivity contribution >= 4 is 11.5 Å². The van der Waals surface area contributed by atoms with Gasteiger partial charge in [0.05, 0.1) is 11.6 Å². The maximum atomic E-state index is 13.4. The Balaban J connectivity index is 3.68. The second-order valence-corrected chi connectivity index (χ2v) is 3.32. The van der Waals surface area contributed by atoms with E-state index in [-0.39, 0.29) is 0 Å². The number of nitrogens with two attached hydrogens (primary N) is 1. The molecule has 1 aromatic carbocycles. The van der Waals surface area contributed by atoms with Crippen molar-refractivity contribution in [1.29, 1.82) is 0 Å². The molecule has 0 aliphatic rings. The number of carbonyl (C=O) groups is 1. The molecule has 96 valence electrons. The van der Waals surface area contributed by atoms with Crippen LogP contribution in [0.2, 0.25) is 0 Å². The lowest BCUT2D eigenvalue weighted by atomic mass is 10.0. The van der Waals surface area contributed by atoms with Gasteiger partial charge < -0.3 is 5.73 Å². The zero-order valence-corrected chi connectivity index (χ0v) is 8.92. The van der Waals surface area contributed by atoms with Gasteiger partial charge in [-0.15, -0.1) is 0 Å². The monoisotopic (exact) mass is 262 g/mol. The Hall–Kier alpha value is -2.12. The van der Waals surface area contributed by atoms with Crippen LogP contribution < -0.4 is 5.73 Å². The van der Waals surface area contributed by atoms with Gasteiger partial charge in [-0.1, -0.05) is 5.11 Å². The van der Waals surface area contributed by atoms with Gasteiger partial charge in [0.1, 0.15) is 5.69 Å². The Labute approximate surface area is 97.8 Å². The SMILES string of the molecule is CC(N)C(=O)c1c(F)c(F)c(N=[N+]=[N-])c(F)c1F. The van der Waals surface area contributed by atoms with Gasteiger partial charge >= 0.3 is 0 Å². The third-order valence-electron chi connectivity index (χ3n) is 2.04. The van der Waals surface area contributed by atoms with Crippen LogP contribution in [0.1, 0.15) is 17.3 Å². The number of Topliss-reactive ketones (excluding diaryl/α,β-unsaturated/α-hetero) is 1. The van der Waals surface area contributed by atoms with Gasteiger partial charge in [-0.2, -0.15) is 0 Å². The maximum Gasteiger partial charge on any atom is 0.185 e. The Kier molecular flexibility index (Phi) is 3.89. The molecule has 2 N–H and O–H groups in total. The zero-order chi connectivity index (χ0) is 14.0. The summed E-state index contributed by atoms with van der Waals surface area (Å²) in [5, 5.41) is 2.48. The Morgan fingerprint density at radius 3 is 2.00 bits per heavy atom. The summed E-state index contributed by atoms with van der Waals surface area (Å²) in [5.41, 5.74) is 10.2. The Morgan fingerprint density at radius 2 is 1.67 bits per heavy atom. The predicted molar refractivity (Wildman–Crippen MR) is 53.1 cm³/mol. The zero-order valence-electron chi connectivity index (χ0n) is 8.92. The molecule has 1 unspecified atom stereocenters. The summed E-state index contributed by atoms with van der Waals surface area (Å²) < 4.78 is 53.3. The quantitative estimate of drug-likeness (QED) is 0.226. The molecular weight excluding hydrogens is 256 g/mol. The van der Waals surface area contributed by atoms with E-state index in [1.54, 1.807) is 0 Å². The van der Waals surface area contributed by atoms with E-state index in [0.29, 0.717) is 0 Å². The number of nitrogens with zero attached hydrogens (tertiary/aromatic N) is 3. The average Bonchev–Trinajstić information content (AvgIpc) is 2.32. The van der Waals surface area contributed by atoms with Gasteiger partial charge in [-0.05, 0) is 12.5 Å². The minimum atomic E-state index is -1.95. The van der Waals surface area contributed by atoms with E-state index in [4.69, 9.17) is 11.3 Å². The van der Waals surface area contributed by atoms with Crippen molar-refractivity contribution in [1.82, 2.24) is 0 Å². The van der Waals surface area contributed by atoms with Crippen molar-refractivity contribution in [3.05, 3.63) is 39.3 Å². The lowest BCUT2D eigenvalue weighted by Crippen LogP contribution is -2.29. The van der Waals surface area contributed by atoms with E-state index in [9.17, 15) is 22.4 Å². The summed E-state index contributed by atoms with van der Waals surface area (Å²) in [6.45, 7) is 1.10. The lowest BCUT2D eigenvalue weighted by Gasteiger charge is -2.10. The topological polar surface area (TPSA) is 91.9 Å². The third kappa shape index (κ3) is 2.13. The fourth-order valence-corrected chi connectivity index (χ4v) is 1.20. The number of ketones is 1. The first-order chi connectivity index (χ1) is 8.32. The number of rotatable bonds is 3. The Bertz CT molecular complexity index is 537. The molecule has 0 amide bonds. The predicted octanol–water partition coefficient (Wildman–Crippen LogP) is 2.71. The average molecular weight is 262 g/mol. The largest absolute Gasteiger partial charge is 0.321 e. The van der Waals surface area contributed by atoms with Crippen molar-refractivity contribution in [3.63, 3.8) is 0 Å². The molecule has 0 spiro atoms. The number of hydrogen-bond donors (Lipinski definition) is 1. The van der Waals surface area contributed by atoms with Gasteiger partial charge in [0.25, 0.3) is 0 Å². The summed E-state index contributed by atoms with van der Waals surface area (Å²) in [5.74, 6) is -9.10. The number of carbonyl (C=O) groups excluding carboxylic acids is 1. The molecule has 0 bridgehead atoms. The summed E-state index contributed by atoms with van der Waals surface area (Å²) in [7, 11) is 0. The number of hydrogen-bond acceptors (Lipinski definition) is 3. The number of benzene rings is 1. The van der Waals surface area contributed by atoms with E-state index < -0.39 is 46.3 Å². The van der Waals surface area contributed by atoms with E-state index in [1.165, 1.54) is 0 Å². The van der Waals surface area contributed by atoms with Crippen molar-refractivity contribution in [2.24, 2.45) is 10.8 Å². The van der Waals surface area contributed by atoms with Crippen molar-refractivity contribution in [2.75, 3.05) is 0 Å². The van der Waals surface area contributed by atoms with Crippen LogP contribution in [0.15, 0.2) is 5.11 Å². The molecule has 5 nitrogen and oxygen atoms in total. The maximum absolute atomic E-state index is 13.4. The molecule has 1 aromatic rings. The van der Waals surface area contributed by atoms with Crippen LogP contribution in [0.3, 0.4) is 0 Å². The highest BCUT2D eigenvalue weighted by atomic mass is 19.2. The second-order valence-electron chi connectivity index (χ2n) is 3.32. The fraction of sp³-hybridized carbons (Fsp3) is 0.222. The van der Waals surface area contributed by atoms with Crippen LogP contribution in [-0.2, 0) is 0 Å². The van der Waals surface area contributed by atoms with Gasteiger partial charge in [-0.3, -0.25) is 4.79 Å². The van der Waals surface area contributed by atoms with Crippen LogP contribution in [0, 0.1) is 23.3 Å². The molecule has 1 atom stereocenters. The molecule has 0 aromatic heterocycles. The first-order valence-electron chi connectivity index (χ1n) is 4.53. The van der Waals surface area contributed by atoms with Gasteiger partial charge in [0.2, 0.25) is 0 Å². The Morgan fingerprint density at radius 1 is 1.22 bits per heavy atom. The highest BCUT2D eigenvalue weighted by Gasteiger charge is 2.29. The van der Waals surface area contributed by atoms with Crippen LogP contribution in [0.25, 0.3) is 10.4 Å². The summed E-state index contributed by atoms with van der Waals surface area (Å²) in [4.78, 5) is 13.3. The van der Waals surface area contributed by atoms with Crippen molar-refractivity contribution < 1.29 is 22.4 Å². The molecule has 1 rings (SSSR count). The molecule has 0 saturated carbocycles. The second kappa shape index (κ2) is 5.03. The lowest BCUT2D eigenvalue weighted by molar-refractivity contribution is 0.0957. The minimum absolute atomic E-state index is 1.10. The van der Waals surface area contributed by atoms with E-state index in [1.807, 2.05) is 4.91 Å². The number of halogens is 4. The summed E-state index contributed by atoms with van der Waals surface area (Å²) in [6.07, 6.45) is 0. The third-order valence-corrected chi connectivity index (χ3v) is 2.04. The van der Waals surface area contributed by atoms with Crippen LogP contribution in [-0.4, -0.2) is 11.8 Å². The first-order valence-corrected chi connectivity index (χ1v) is 4.53. The molecule has 0 saturated heterocycles. The van der Waals surface area contributed by atoms with Crippen LogP contribution in [0.4, 0.5) is 23.2 Å². The summed E-state index contributed by atoms with van der Waals surface area (Å²) in [6, 6.07) is -1.35. The van der Waals surface area contributed by atoms with Gasteiger partial charge in [0, 0.05) is 4.91 Å². The molecule has 0 radical (unpaired) electrons. The highest BCUT2D eigenvalue weighted by Crippen LogP contribution is 2.30. The van der Waals surface area contributed by atoms with Crippen molar-refractivity contribution in [2.45, 2.75) is 13.0 Å². The van der Waals surface area contributed by atoms with E-state index in [2.05, 4.69) is 5.11 Å². The molecule has 0 aliphatic heterocycles. The number of azide groups is 1. The highest BCUT2D eigenvalue weighted by molar-refractivity contribution is 6.00. The molecular formula is C9H6F4N4O. The smallest absolute Gasteiger partial charge is 0.185 e. The normalized spacial score (nSPS) is 11.9. The molecule has 0 heterocycles. The van der Waals surface area contributed by atoms with Crippen molar-refractivity contribution in [3.8, 4) is 0 Å². The molecule has 9 heteroatoms. The first kappa shape index (κ1) is 13.9. The van der Waals surface area contributed by atoms with E-state index in [0.717, 1.165) is 6.92 Å². The summed E-state index contributed by atoms with van der Waals surface area (Å²) >= 11 is 0. The van der Waals surface area contributed by atoms with Gasteiger partial charge in [-0.25, -0.2) is 17.6 Å². The molecule has 0 aliphatic carbocycles. The van der Waals surface area contributed by atoms with Gasteiger partial charge in [0.15, 0.2) is 29.1 Å². The molecule has 18 heavy (non-hydrogen) atoms. The minimum Gasteiger partial charge on any atom is -0.321 e. The van der Waals surface area contributed by atoms with Crippen LogP contribution in [0.5, 0.6) is 0 Å². The van der Waals surface area contributed by atoms with Crippen LogP contribution >= 0.6 is 0 Å². The fourth-order valence-electron chi connectivity index (χ4n) is 1.20.